The molecule has 0 aromatic heterocycles. The highest BCUT2D eigenvalue weighted by atomic mass is 16.1. The first-order valence-electron chi connectivity index (χ1n) is 7.15. The highest BCUT2D eigenvalue weighted by Gasteiger charge is 1.98. The number of hydrogen-bond acceptors (Lipinski definition) is 2. The van der Waals surface area contributed by atoms with Crippen molar-refractivity contribution in [3.8, 4) is 0 Å². The topological polar surface area (TPSA) is 41.5 Å². The minimum Gasteiger partial charge on any atom is -0.315 e. The smallest absolute Gasteiger partial charge is 0.222 e. The number of carbonyl (C=O) groups excluding carboxylic acids is 1. The van der Waals surface area contributed by atoms with Crippen LogP contribution < -0.4 is 5.32 Å². The zero-order valence-corrected chi connectivity index (χ0v) is 13.5. The lowest BCUT2D eigenvalue weighted by Gasteiger charge is -2.05. The van der Waals surface area contributed by atoms with Crippen LogP contribution in [-0.4, -0.2) is 11.7 Å². The van der Waals surface area contributed by atoms with Crippen LogP contribution in [0.2, 0.25) is 0 Å². The van der Waals surface area contributed by atoms with Crippen molar-refractivity contribution in [1.29, 1.82) is 0 Å². The fourth-order valence-corrected chi connectivity index (χ4v) is 1.78. The van der Waals surface area contributed by atoms with E-state index in [9.17, 15) is 4.79 Å². The largest absolute Gasteiger partial charge is 0.315 e. The van der Waals surface area contributed by atoms with Gasteiger partial charge in [0.25, 0.3) is 0 Å². The maximum atomic E-state index is 10.9. The average molecular weight is 284 g/mol. The maximum Gasteiger partial charge on any atom is 0.222 e. The van der Waals surface area contributed by atoms with Gasteiger partial charge in [0.1, 0.15) is 5.84 Å². The molecule has 0 aliphatic heterocycles. The number of aliphatic imine (C=N–C) groups is 1. The number of amides is 1. The van der Waals surface area contributed by atoms with Crippen LogP contribution in [0.15, 0.2) is 47.1 Å². The van der Waals surface area contributed by atoms with Gasteiger partial charge in [-0.2, -0.15) is 0 Å². The molecule has 0 radical (unpaired) electrons. The molecule has 0 spiro atoms. The number of carbonyl (C=O) groups is 1. The van der Waals surface area contributed by atoms with Crippen LogP contribution in [0, 0.1) is 0 Å². The minimum atomic E-state index is -0.108. The van der Waals surface area contributed by atoms with Gasteiger partial charge < -0.3 is 5.32 Å². The van der Waals surface area contributed by atoms with Gasteiger partial charge in [-0.3, -0.25) is 4.79 Å². The summed E-state index contributed by atoms with van der Waals surface area (Å²) in [6, 6.07) is 8.50. The van der Waals surface area contributed by atoms with Crippen LogP contribution >= 0.6 is 0 Å². The summed E-state index contributed by atoms with van der Waals surface area (Å²) in [6.45, 7) is 9.59. The van der Waals surface area contributed by atoms with Crippen LogP contribution in [0.1, 0.15) is 51.7 Å². The molecule has 1 N–H and O–H groups in total. The van der Waals surface area contributed by atoms with E-state index in [2.05, 4.69) is 54.5 Å². The van der Waals surface area contributed by atoms with Crippen molar-refractivity contribution >= 4 is 17.8 Å². The van der Waals surface area contributed by atoms with Gasteiger partial charge in [-0.25, -0.2) is 4.99 Å². The molecule has 0 fully saturated rings. The van der Waals surface area contributed by atoms with E-state index in [0.29, 0.717) is 11.8 Å². The van der Waals surface area contributed by atoms with Crippen molar-refractivity contribution in [3.05, 3.63) is 53.2 Å². The molecular formula is C18H24N2O. The first-order chi connectivity index (χ1) is 9.88. The second-order valence-corrected chi connectivity index (χ2v) is 5.43. The molecule has 0 aliphatic rings. The van der Waals surface area contributed by atoms with Crippen molar-refractivity contribution in [2.24, 2.45) is 4.99 Å². The van der Waals surface area contributed by atoms with E-state index in [1.54, 1.807) is 13.1 Å². The second-order valence-electron chi connectivity index (χ2n) is 5.43. The predicted molar refractivity (Wildman–Crippen MR) is 90.2 cm³/mol. The normalized spacial score (nSPS) is 13.0. The Bertz CT molecular complexity index is 581. The number of nitrogens with zero attached hydrogens (tertiary/aromatic N) is 1. The van der Waals surface area contributed by atoms with Gasteiger partial charge in [-0.15, -0.1) is 0 Å². The number of amidine groups is 1. The molecule has 0 unspecified atom stereocenters. The van der Waals surface area contributed by atoms with E-state index < -0.39 is 0 Å². The fraction of sp³-hybridized carbons (Fsp3) is 0.333. The zero-order valence-electron chi connectivity index (χ0n) is 13.5. The Morgan fingerprint density at radius 1 is 1.24 bits per heavy atom. The standard InChI is InChI=1S/C18H24N2O/c1-13(2)18-8-6-7-17(11-18)10-9-14(3)12-19-15(4)20-16(5)21/h6-13H,1-5H3,(H,19,20,21)/b10-9+,14-12+. The Morgan fingerprint density at radius 2 is 1.95 bits per heavy atom. The molecule has 1 aromatic rings. The molecule has 3 heteroatoms. The summed E-state index contributed by atoms with van der Waals surface area (Å²) >= 11 is 0. The lowest BCUT2D eigenvalue weighted by molar-refractivity contribution is -0.117. The van der Waals surface area contributed by atoms with E-state index in [1.807, 2.05) is 13.0 Å². The van der Waals surface area contributed by atoms with Gasteiger partial charge in [-0.1, -0.05) is 50.3 Å². The Labute approximate surface area is 127 Å². The molecule has 21 heavy (non-hydrogen) atoms. The number of nitrogens with one attached hydrogen (secondary N) is 1. The third-order valence-corrected chi connectivity index (χ3v) is 2.93. The number of allylic oxidation sites excluding steroid dienone is 2. The van der Waals surface area contributed by atoms with Crippen molar-refractivity contribution in [2.75, 3.05) is 0 Å². The van der Waals surface area contributed by atoms with Crippen LogP contribution in [0.25, 0.3) is 6.08 Å². The predicted octanol–water partition coefficient (Wildman–Crippen LogP) is 4.28. The molecule has 0 bridgehead atoms. The quantitative estimate of drug-likeness (QED) is 0.500. The van der Waals surface area contributed by atoms with Gasteiger partial charge in [-0.05, 0) is 36.5 Å². The van der Waals surface area contributed by atoms with Crippen molar-refractivity contribution in [3.63, 3.8) is 0 Å². The van der Waals surface area contributed by atoms with Crippen molar-refractivity contribution in [2.45, 2.75) is 40.5 Å². The van der Waals surface area contributed by atoms with E-state index >= 15 is 0 Å². The Hall–Kier alpha value is -2.16. The number of benzene rings is 1. The van der Waals surface area contributed by atoms with Gasteiger partial charge >= 0.3 is 0 Å². The summed E-state index contributed by atoms with van der Waals surface area (Å²) in [6.07, 6.45) is 5.83. The Kier molecular flexibility index (Phi) is 6.60. The molecule has 1 aromatic carbocycles. The lowest BCUT2D eigenvalue weighted by atomic mass is 10.0. The summed E-state index contributed by atoms with van der Waals surface area (Å²) in [4.78, 5) is 15.1. The zero-order chi connectivity index (χ0) is 15.8. The average Bonchev–Trinajstić information content (AvgIpc) is 2.42. The first kappa shape index (κ1) is 16.9. The molecule has 112 valence electrons. The molecular weight excluding hydrogens is 260 g/mol. The Balaban J connectivity index is 2.75. The van der Waals surface area contributed by atoms with Gasteiger partial charge in [0.2, 0.25) is 5.91 Å². The second kappa shape index (κ2) is 8.20. The van der Waals surface area contributed by atoms with Crippen LogP contribution in [0.5, 0.6) is 0 Å². The van der Waals surface area contributed by atoms with Crippen LogP contribution in [0.3, 0.4) is 0 Å². The molecule has 0 saturated carbocycles. The van der Waals surface area contributed by atoms with E-state index in [0.717, 1.165) is 5.57 Å². The van der Waals surface area contributed by atoms with Gasteiger partial charge in [0.15, 0.2) is 0 Å². The fourth-order valence-electron chi connectivity index (χ4n) is 1.78. The third-order valence-electron chi connectivity index (χ3n) is 2.93. The van der Waals surface area contributed by atoms with E-state index in [4.69, 9.17) is 0 Å². The summed E-state index contributed by atoms with van der Waals surface area (Å²) in [5.74, 6) is 1.01. The summed E-state index contributed by atoms with van der Waals surface area (Å²) < 4.78 is 0. The monoisotopic (exact) mass is 284 g/mol. The molecule has 1 amide bonds. The van der Waals surface area contributed by atoms with Gasteiger partial charge in [0.05, 0.1) is 0 Å². The molecule has 0 atom stereocenters. The number of rotatable bonds is 4. The summed E-state index contributed by atoms with van der Waals surface area (Å²) in [5, 5.41) is 2.63. The number of hydrogen-bond donors (Lipinski definition) is 1. The van der Waals surface area contributed by atoms with E-state index in [-0.39, 0.29) is 5.91 Å². The van der Waals surface area contributed by atoms with Crippen molar-refractivity contribution in [1.82, 2.24) is 5.32 Å². The molecule has 3 nitrogen and oxygen atoms in total. The summed E-state index contributed by atoms with van der Waals surface area (Å²) in [5.41, 5.74) is 3.53. The lowest BCUT2D eigenvalue weighted by Crippen LogP contribution is -2.25. The molecule has 0 heterocycles. The Morgan fingerprint density at radius 3 is 2.57 bits per heavy atom. The highest BCUT2D eigenvalue weighted by Crippen LogP contribution is 2.16. The van der Waals surface area contributed by atoms with Gasteiger partial charge in [0, 0.05) is 13.1 Å². The highest BCUT2D eigenvalue weighted by molar-refractivity contribution is 5.96. The summed E-state index contributed by atoms with van der Waals surface area (Å²) in [7, 11) is 0. The van der Waals surface area contributed by atoms with E-state index in [1.165, 1.54) is 18.1 Å². The molecule has 1 rings (SSSR count). The third kappa shape index (κ3) is 6.70. The van der Waals surface area contributed by atoms with Crippen LogP contribution in [-0.2, 0) is 4.79 Å². The van der Waals surface area contributed by atoms with Crippen LogP contribution in [0.4, 0.5) is 0 Å². The molecule has 0 aliphatic carbocycles. The SMILES string of the molecule is CC(=O)NC(C)=N/C=C(C)/C=C/c1cccc(C(C)C)c1. The first-order valence-corrected chi connectivity index (χ1v) is 7.15. The van der Waals surface area contributed by atoms with Crippen molar-refractivity contribution < 1.29 is 4.79 Å². The minimum absolute atomic E-state index is 0.108. The maximum absolute atomic E-state index is 10.9. The molecule has 0 saturated heterocycles.